The van der Waals surface area contributed by atoms with Crippen molar-refractivity contribution in [3.05, 3.63) is 0 Å². The van der Waals surface area contributed by atoms with Crippen LogP contribution in [0.3, 0.4) is 0 Å². The molecule has 0 aromatic heterocycles. The number of ether oxygens (including phenoxy) is 1. The fraction of sp³-hybridized carbons (Fsp3) is 0.923. The molecule has 0 saturated carbocycles. The van der Waals surface area contributed by atoms with E-state index >= 15 is 0 Å². The predicted molar refractivity (Wildman–Crippen MR) is 69.0 cm³/mol. The van der Waals surface area contributed by atoms with Crippen molar-refractivity contribution >= 4 is 6.09 Å². The molecule has 0 atom stereocenters. The van der Waals surface area contributed by atoms with Gasteiger partial charge in [0.25, 0.3) is 0 Å². The zero-order valence-electron chi connectivity index (χ0n) is 11.4. The Balaban J connectivity index is 2.14. The van der Waals surface area contributed by atoms with Gasteiger partial charge >= 0.3 is 6.09 Å². The highest BCUT2D eigenvalue weighted by Crippen LogP contribution is 2.16. The summed E-state index contributed by atoms with van der Waals surface area (Å²) in [7, 11) is 1.82. The average Bonchev–Trinajstić information content (AvgIpc) is 2.34. The molecule has 0 aromatic carbocycles. The van der Waals surface area contributed by atoms with Gasteiger partial charge in [0.1, 0.15) is 0 Å². The minimum Gasteiger partial charge on any atom is -0.449 e. The molecule has 1 fully saturated rings. The van der Waals surface area contributed by atoms with Gasteiger partial charge in [-0.3, -0.25) is 0 Å². The molecule has 100 valence electrons. The summed E-state index contributed by atoms with van der Waals surface area (Å²) in [6.45, 7) is 7.64. The van der Waals surface area contributed by atoms with E-state index in [0.29, 0.717) is 12.5 Å². The Morgan fingerprint density at radius 3 is 2.65 bits per heavy atom. The first kappa shape index (κ1) is 14.3. The lowest BCUT2D eigenvalue weighted by atomic mass is 9.94. The van der Waals surface area contributed by atoms with E-state index in [4.69, 9.17) is 4.74 Å². The molecule has 1 aliphatic heterocycles. The molecule has 0 aliphatic carbocycles. The molecule has 1 saturated heterocycles. The van der Waals surface area contributed by atoms with E-state index < -0.39 is 0 Å². The fourth-order valence-corrected chi connectivity index (χ4v) is 1.99. The summed E-state index contributed by atoms with van der Waals surface area (Å²) in [5.41, 5.74) is 0. The van der Waals surface area contributed by atoms with E-state index in [1.807, 2.05) is 20.9 Å². The normalized spacial score (nSPS) is 17.2. The highest BCUT2D eigenvalue weighted by atomic mass is 16.6. The van der Waals surface area contributed by atoms with Crippen molar-refractivity contribution in [3.63, 3.8) is 0 Å². The smallest absolute Gasteiger partial charge is 0.409 e. The molecule has 1 amide bonds. The first-order valence-electron chi connectivity index (χ1n) is 6.68. The Hall–Kier alpha value is -0.770. The molecule has 0 unspecified atom stereocenters. The summed E-state index contributed by atoms with van der Waals surface area (Å²) in [6.07, 6.45) is 3.37. The third-order valence-electron chi connectivity index (χ3n) is 3.18. The van der Waals surface area contributed by atoms with E-state index in [-0.39, 0.29) is 6.09 Å². The number of hydrogen-bond acceptors (Lipinski definition) is 3. The Labute approximate surface area is 105 Å². The van der Waals surface area contributed by atoms with Gasteiger partial charge in [-0.2, -0.15) is 0 Å². The zero-order valence-corrected chi connectivity index (χ0v) is 11.4. The van der Waals surface area contributed by atoms with Crippen molar-refractivity contribution < 1.29 is 9.53 Å². The number of piperidine rings is 1. The van der Waals surface area contributed by atoms with E-state index in [2.05, 4.69) is 5.32 Å². The van der Waals surface area contributed by atoms with Gasteiger partial charge in [-0.25, -0.2) is 4.79 Å². The Morgan fingerprint density at radius 2 is 2.06 bits per heavy atom. The van der Waals surface area contributed by atoms with Gasteiger partial charge in [-0.15, -0.1) is 0 Å². The van der Waals surface area contributed by atoms with Crippen LogP contribution in [0.5, 0.6) is 0 Å². The number of carbonyl (C=O) groups excluding carboxylic acids is 1. The lowest BCUT2D eigenvalue weighted by molar-refractivity contribution is 0.0976. The summed E-state index contributed by atoms with van der Waals surface area (Å²) >= 11 is 0. The second-order valence-electron chi connectivity index (χ2n) is 5.37. The van der Waals surface area contributed by atoms with Crippen molar-refractivity contribution in [3.8, 4) is 0 Å². The van der Waals surface area contributed by atoms with Gasteiger partial charge in [-0.1, -0.05) is 13.8 Å². The standard InChI is InChI=1S/C13H26N2O2/c1-11(2)10-17-13(16)15(3)9-6-12-4-7-14-8-5-12/h11-12,14H,4-10H2,1-3H3. The Bertz CT molecular complexity index is 225. The minimum absolute atomic E-state index is 0.187. The largest absolute Gasteiger partial charge is 0.449 e. The van der Waals surface area contributed by atoms with Gasteiger partial charge in [0.05, 0.1) is 6.61 Å². The third kappa shape index (κ3) is 5.91. The quantitative estimate of drug-likeness (QED) is 0.802. The molecule has 0 aromatic rings. The molecule has 1 N–H and O–H groups in total. The fourth-order valence-electron chi connectivity index (χ4n) is 1.99. The minimum atomic E-state index is -0.187. The molecule has 0 spiro atoms. The number of nitrogens with one attached hydrogen (secondary N) is 1. The van der Waals surface area contributed by atoms with Gasteiger partial charge in [0.2, 0.25) is 0 Å². The number of nitrogens with zero attached hydrogens (tertiary/aromatic N) is 1. The summed E-state index contributed by atoms with van der Waals surface area (Å²) < 4.78 is 5.18. The van der Waals surface area contributed by atoms with Crippen molar-refractivity contribution in [2.45, 2.75) is 33.1 Å². The SMILES string of the molecule is CC(C)COC(=O)N(C)CCC1CCNCC1. The molecule has 0 bridgehead atoms. The molecule has 4 heteroatoms. The highest BCUT2D eigenvalue weighted by molar-refractivity contribution is 5.67. The lowest BCUT2D eigenvalue weighted by Crippen LogP contribution is -2.33. The summed E-state index contributed by atoms with van der Waals surface area (Å²) in [5, 5.41) is 3.35. The molecule has 1 rings (SSSR count). The van der Waals surface area contributed by atoms with E-state index in [1.54, 1.807) is 4.90 Å². The number of amides is 1. The van der Waals surface area contributed by atoms with Gasteiger partial charge in [0, 0.05) is 13.6 Å². The summed E-state index contributed by atoms with van der Waals surface area (Å²) in [5.74, 6) is 1.16. The lowest BCUT2D eigenvalue weighted by Gasteiger charge is -2.25. The van der Waals surface area contributed by atoms with Crippen LogP contribution in [0.2, 0.25) is 0 Å². The monoisotopic (exact) mass is 242 g/mol. The number of rotatable bonds is 5. The van der Waals surface area contributed by atoms with Crippen LogP contribution in [-0.4, -0.2) is 44.3 Å². The van der Waals surface area contributed by atoms with Crippen LogP contribution in [0.1, 0.15) is 33.1 Å². The highest BCUT2D eigenvalue weighted by Gasteiger charge is 2.16. The second-order valence-corrected chi connectivity index (χ2v) is 5.37. The number of hydrogen-bond donors (Lipinski definition) is 1. The van der Waals surface area contributed by atoms with Gasteiger partial charge < -0.3 is 15.0 Å². The third-order valence-corrected chi connectivity index (χ3v) is 3.18. The first-order chi connectivity index (χ1) is 8.09. The molecule has 1 aliphatic rings. The van der Waals surface area contributed by atoms with Gasteiger partial charge in [-0.05, 0) is 44.2 Å². The zero-order chi connectivity index (χ0) is 12.7. The molecule has 17 heavy (non-hydrogen) atoms. The predicted octanol–water partition coefficient (Wildman–Crippen LogP) is 2.10. The van der Waals surface area contributed by atoms with Crippen molar-refractivity contribution in [2.75, 3.05) is 33.3 Å². The van der Waals surface area contributed by atoms with E-state index in [1.165, 1.54) is 12.8 Å². The number of carbonyl (C=O) groups is 1. The second kappa shape index (κ2) is 7.54. The van der Waals surface area contributed by atoms with Gasteiger partial charge in [0.15, 0.2) is 0 Å². The maximum atomic E-state index is 11.6. The van der Waals surface area contributed by atoms with Crippen molar-refractivity contribution in [2.24, 2.45) is 11.8 Å². The molecule has 1 heterocycles. The molecular formula is C13H26N2O2. The summed E-state index contributed by atoms with van der Waals surface area (Å²) in [6, 6.07) is 0. The Morgan fingerprint density at radius 1 is 1.41 bits per heavy atom. The van der Waals surface area contributed by atoms with Crippen LogP contribution in [-0.2, 0) is 4.74 Å². The maximum Gasteiger partial charge on any atom is 0.409 e. The molecular weight excluding hydrogens is 216 g/mol. The van der Waals surface area contributed by atoms with E-state index in [0.717, 1.165) is 32.0 Å². The summed E-state index contributed by atoms with van der Waals surface area (Å²) in [4.78, 5) is 13.3. The van der Waals surface area contributed by atoms with Crippen molar-refractivity contribution in [1.82, 2.24) is 10.2 Å². The molecule has 0 radical (unpaired) electrons. The van der Waals surface area contributed by atoms with Crippen LogP contribution in [0.25, 0.3) is 0 Å². The average molecular weight is 242 g/mol. The topological polar surface area (TPSA) is 41.6 Å². The Kier molecular flexibility index (Phi) is 6.34. The van der Waals surface area contributed by atoms with Crippen LogP contribution in [0.15, 0.2) is 0 Å². The van der Waals surface area contributed by atoms with Crippen LogP contribution in [0.4, 0.5) is 4.79 Å². The maximum absolute atomic E-state index is 11.6. The van der Waals surface area contributed by atoms with Crippen LogP contribution >= 0.6 is 0 Å². The molecule has 4 nitrogen and oxygen atoms in total. The van der Waals surface area contributed by atoms with Crippen molar-refractivity contribution in [1.29, 1.82) is 0 Å². The van der Waals surface area contributed by atoms with Crippen LogP contribution < -0.4 is 5.32 Å². The first-order valence-corrected chi connectivity index (χ1v) is 6.68. The van der Waals surface area contributed by atoms with E-state index in [9.17, 15) is 4.79 Å². The van der Waals surface area contributed by atoms with Crippen LogP contribution in [0, 0.1) is 11.8 Å².